The second-order valence-corrected chi connectivity index (χ2v) is 8.07. The molecule has 2 aromatic rings. The molecule has 0 spiro atoms. The summed E-state index contributed by atoms with van der Waals surface area (Å²) < 4.78 is 31.5. The molecule has 31 heavy (non-hydrogen) atoms. The highest BCUT2D eigenvalue weighted by Gasteiger charge is 2.23. The molecule has 2 aromatic carbocycles. The number of halogens is 1. The van der Waals surface area contributed by atoms with Crippen LogP contribution in [0, 0.1) is 5.82 Å². The Balaban J connectivity index is 2.46. The van der Waals surface area contributed by atoms with Gasteiger partial charge in [0.1, 0.15) is 11.4 Å². The third kappa shape index (κ3) is 6.60. The molecule has 0 unspecified atom stereocenters. The maximum Gasteiger partial charge on any atom is 0.338 e. The van der Waals surface area contributed by atoms with E-state index in [1.54, 1.807) is 0 Å². The Bertz CT molecular complexity index is 965. The van der Waals surface area contributed by atoms with Gasteiger partial charge in [0.15, 0.2) is 11.5 Å². The lowest BCUT2D eigenvalue weighted by Crippen LogP contribution is -2.24. The van der Waals surface area contributed by atoms with Crippen LogP contribution in [0.4, 0.5) is 10.1 Å². The summed E-state index contributed by atoms with van der Waals surface area (Å²) in [5.74, 6) is -1.81. The molecule has 2 rings (SSSR count). The van der Waals surface area contributed by atoms with Gasteiger partial charge in [-0.2, -0.15) is 0 Å². The Morgan fingerprint density at radius 3 is 2.29 bits per heavy atom. The Hall–Kier alpha value is -3.29. The Kier molecular flexibility index (Phi) is 7.49. The van der Waals surface area contributed by atoms with Crippen LogP contribution < -0.4 is 19.5 Å². The summed E-state index contributed by atoms with van der Waals surface area (Å²) in [6, 6.07) is 6.41. The predicted molar refractivity (Wildman–Crippen MR) is 115 cm³/mol. The monoisotopic (exact) mass is 433 g/mol. The molecule has 0 aliphatic heterocycles. The van der Waals surface area contributed by atoms with E-state index in [-0.39, 0.29) is 17.4 Å². The predicted octanol–water partition coefficient (Wildman–Crippen LogP) is 5.14. The first-order valence-corrected chi connectivity index (χ1v) is 9.92. The lowest BCUT2D eigenvalue weighted by molar-refractivity contribution is 0.0691. The lowest BCUT2D eigenvalue weighted by atomic mass is 10.1. The van der Waals surface area contributed by atoms with Gasteiger partial charge in [0, 0.05) is 11.3 Å². The normalized spacial score (nSPS) is 11.2. The largest absolute Gasteiger partial charge is 0.487 e. The number of hydrogen-bond acceptors (Lipinski definition) is 5. The van der Waals surface area contributed by atoms with Crippen LogP contribution in [0.2, 0.25) is 0 Å². The van der Waals surface area contributed by atoms with Gasteiger partial charge in [-0.3, -0.25) is 4.79 Å². The van der Waals surface area contributed by atoms with Gasteiger partial charge in [-0.15, -0.1) is 0 Å². The first-order chi connectivity index (χ1) is 14.4. The van der Waals surface area contributed by atoms with E-state index >= 15 is 0 Å². The first-order valence-electron chi connectivity index (χ1n) is 9.92. The lowest BCUT2D eigenvalue weighted by Gasteiger charge is -2.25. The Morgan fingerprint density at radius 2 is 1.77 bits per heavy atom. The molecular weight excluding hydrogens is 405 g/mol. The molecule has 7 nitrogen and oxygen atoms in total. The highest BCUT2D eigenvalue weighted by atomic mass is 19.1. The van der Waals surface area contributed by atoms with Gasteiger partial charge in [-0.25, -0.2) is 9.18 Å². The average molecular weight is 433 g/mol. The molecule has 0 radical (unpaired) electrons. The van der Waals surface area contributed by atoms with Gasteiger partial charge < -0.3 is 24.6 Å². The number of carbonyl (C=O) groups is 2. The molecule has 8 heteroatoms. The summed E-state index contributed by atoms with van der Waals surface area (Å²) in [6.07, 6.45) is -0.183. The summed E-state index contributed by atoms with van der Waals surface area (Å²) in [7, 11) is 0. The van der Waals surface area contributed by atoms with Crippen molar-refractivity contribution >= 4 is 17.6 Å². The van der Waals surface area contributed by atoms with Crippen LogP contribution in [-0.4, -0.2) is 35.3 Å². The fourth-order valence-electron chi connectivity index (χ4n) is 2.71. The molecule has 0 fully saturated rings. The van der Waals surface area contributed by atoms with E-state index in [2.05, 4.69) is 5.32 Å². The van der Waals surface area contributed by atoms with Crippen molar-refractivity contribution < 1.29 is 33.3 Å². The quantitative estimate of drug-likeness (QED) is 0.599. The zero-order valence-corrected chi connectivity index (χ0v) is 18.5. The van der Waals surface area contributed by atoms with E-state index in [1.807, 2.05) is 41.5 Å². The fourth-order valence-corrected chi connectivity index (χ4v) is 2.71. The third-order valence-corrected chi connectivity index (χ3v) is 3.81. The second kappa shape index (κ2) is 9.68. The summed E-state index contributed by atoms with van der Waals surface area (Å²) in [5.41, 5.74) is -0.717. The SMILES string of the molecule is CCOc1c(OC(C)C)cc(C(=O)Nc2ccc(C(=O)O)c(F)c2)cc1OC(C)(C)C. The molecule has 0 atom stereocenters. The third-order valence-electron chi connectivity index (χ3n) is 3.81. The van der Waals surface area contributed by atoms with Crippen LogP contribution >= 0.6 is 0 Å². The first kappa shape index (κ1) is 24.0. The minimum Gasteiger partial charge on any atom is -0.487 e. The highest BCUT2D eigenvalue weighted by Crippen LogP contribution is 2.41. The smallest absolute Gasteiger partial charge is 0.338 e. The van der Waals surface area contributed by atoms with Gasteiger partial charge in [0.05, 0.1) is 18.3 Å². The summed E-state index contributed by atoms with van der Waals surface area (Å²) in [5, 5.41) is 11.5. The molecular formula is C23H28FNO6. The minimum atomic E-state index is -1.39. The van der Waals surface area contributed by atoms with Gasteiger partial charge in [0.25, 0.3) is 5.91 Å². The molecule has 0 aromatic heterocycles. The van der Waals surface area contributed by atoms with Crippen LogP contribution in [0.3, 0.4) is 0 Å². The molecule has 0 aliphatic rings. The molecule has 0 heterocycles. The minimum absolute atomic E-state index is 0.117. The number of amides is 1. The maximum absolute atomic E-state index is 14.0. The van der Waals surface area contributed by atoms with Crippen molar-refractivity contribution in [3.05, 3.63) is 47.3 Å². The molecule has 0 saturated heterocycles. The number of hydrogen-bond donors (Lipinski definition) is 2. The number of rotatable bonds is 8. The van der Waals surface area contributed by atoms with Crippen molar-refractivity contribution in [2.75, 3.05) is 11.9 Å². The van der Waals surface area contributed by atoms with Crippen molar-refractivity contribution in [1.82, 2.24) is 0 Å². The maximum atomic E-state index is 14.0. The van der Waals surface area contributed by atoms with Crippen LogP contribution in [0.5, 0.6) is 17.2 Å². The average Bonchev–Trinajstić information content (AvgIpc) is 2.62. The number of nitrogens with one attached hydrogen (secondary N) is 1. The second-order valence-electron chi connectivity index (χ2n) is 8.07. The summed E-state index contributed by atoms with van der Waals surface area (Å²) in [4.78, 5) is 23.8. The molecule has 0 bridgehead atoms. The molecule has 168 valence electrons. The van der Waals surface area contributed by atoms with Crippen molar-refractivity contribution in [2.45, 2.75) is 53.2 Å². The van der Waals surface area contributed by atoms with Crippen molar-refractivity contribution in [1.29, 1.82) is 0 Å². The van der Waals surface area contributed by atoms with Gasteiger partial charge in [-0.1, -0.05) is 0 Å². The summed E-state index contributed by atoms with van der Waals surface area (Å²) >= 11 is 0. The molecule has 0 saturated carbocycles. The van der Waals surface area contributed by atoms with Crippen LogP contribution in [0.1, 0.15) is 62.3 Å². The number of carboxylic acids is 1. The van der Waals surface area contributed by atoms with Crippen molar-refractivity contribution in [3.63, 3.8) is 0 Å². The number of benzene rings is 2. The van der Waals surface area contributed by atoms with E-state index in [9.17, 15) is 14.0 Å². The van der Waals surface area contributed by atoms with Crippen LogP contribution in [0.15, 0.2) is 30.3 Å². The van der Waals surface area contributed by atoms with E-state index in [1.165, 1.54) is 18.2 Å². The van der Waals surface area contributed by atoms with Gasteiger partial charge >= 0.3 is 5.97 Å². The Morgan fingerprint density at radius 1 is 1.13 bits per heavy atom. The van der Waals surface area contributed by atoms with Gasteiger partial charge in [-0.05, 0) is 71.9 Å². The topological polar surface area (TPSA) is 94.1 Å². The van der Waals surface area contributed by atoms with Gasteiger partial charge in [0.2, 0.25) is 5.75 Å². The number of aromatic carboxylic acids is 1. The standard InChI is InChI=1S/C23H28FNO6/c1-7-29-20-18(30-13(2)3)10-14(11-19(20)31-23(4,5)6)21(26)25-15-8-9-16(22(27)28)17(24)12-15/h8-13H,7H2,1-6H3,(H,25,26)(H,27,28). The van der Waals surface area contributed by atoms with Crippen molar-refractivity contribution in [2.24, 2.45) is 0 Å². The fraction of sp³-hybridized carbons (Fsp3) is 0.391. The van der Waals surface area contributed by atoms with E-state index < -0.39 is 28.9 Å². The van der Waals surface area contributed by atoms with Crippen LogP contribution in [0.25, 0.3) is 0 Å². The number of carboxylic acid groups (broad SMARTS) is 1. The van der Waals surface area contributed by atoms with E-state index in [4.69, 9.17) is 19.3 Å². The zero-order chi connectivity index (χ0) is 23.3. The van der Waals surface area contributed by atoms with E-state index in [0.717, 1.165) is 12.1 Å². The Labute approximate surface area is 181 Å². The summed E-state index contributed by atoms with van der Waals surface area (Å²) in [6.45, 7) is 11.5. The number of ether oxygens (including phenoxy) is 3. The number of carbonyl (C=O) groups excluding carboxylic acids is 1. The zero-order valence-electron chi connectivity index (χ0n) is 18.5. The molecule has 1 amide bonds. The molecule has 2 N–H and O–H groups in total. The van der Waals surface area contributed by atoms with E-state index in [0.29, 0.717) is 23.9 Å². The highest BCUT2D eigenvalue weighted by molar-refractivity contribution is 6.05. The van der Waals surface area contributed by atoms with Crippen molar-refractivity contribution in [3.8, 4) is 17.2 Å². The number of anilines is 1. The van der Waals surface area contributed by atoms with Crippen LogP contribution in [-0.2, 0) is 0 Å². The molecule has 0 aliphatic carbocycles.